The van der Waals surface area contributed by atoms with Crippen molar-refractivity contribution in [2.24, 2.45) is 11.8 Å². The van der Waals surface area contributed by atoms with Gasteiger partial charge in [-0.2, -0.15) is 0 Å². The van der Waals surface area contributed by atoms with Gasteiger partial charge in [-0.25, -0.2) is 0 Å². The molecule has 1 saturated heterocycles. The number of anilines is 1. The zero-order valence-corrected chi connectivity index (χ0v) is 11.5. The zero-order valence-electron chi connectivity index (χ0n) is 9.93. The molecular formula is C14H14BrNO2. The Hall–Kier alpha value is -1.16. The lowest BCUT2D eigenvalue weighted by Crippen LogP contribution is -2.30. The van der Waals surface area contributed by atoms with Gasteiger partial charge in [0.05, 0.1) is 17.5 Å². The summed E-state index contributed by atoms with van der Waals surface area (Å²) in [5.74, 6) is -0.163. The van der Waals surface area contributed by atoms with E-state index >= 15 is 0 Å². The van der Waals surface area contributed by atoms with Crippen molar-refractivity contribution >= 4 is 33.4 Å². The van der Waals surface area contributed by atoms with Crippen LogP contribution in [0.25, 0.3) is 0 Å². The van der Waals surface area contributed by atoms with Crippen LogP contribution < -0.4 is 4.90 Å². The first-order valence-corrected chi connectivity index (χ1v) is 7.11. The summed E-state index contributed by atoms with van der Waals surface area (Å²) in [6, 6.07) is 7.35. The summed E-state index contributed by atoms with van der Waals surface area (Å²) in [5.41, 5.74) is 0.697. The van der Waals surface area contributed by atoms with Crippen molar-refractivity contribution in [3.8, 4) is 0 Å². The molecule has 0 bridgehead atoms. The van der Waals surface area contributed by atoms with E-state index in [4.69, 9.17) is 0 Å². The van der Waals surface area contributed by atoms with E-state index < -0.39 is 0 Å². The second-order valence-corrected chi connectivity index (χ2v) is 5.90. The quantitative estimate of drug-likeness (QED) is 0.748. The normalized spacial score (nSPS) is 27.5. The smallest absolute Gasteiger partial charge is 0.237 e. The number of fused-ring (bicyclic) bond motifs is 1. The summed E-state index contributed by atoms with van der Waals surface area (Å²) >= 11 is 3.36. The highest BCUT2D eigenvalue weighted by atomic mass is 79.9. The minimum atomic E-state index is -0.0742. The molecule has 2 aliphatic rings. The van der Waals surface area contributed by atoms with E-state index in [1.54, 1.807) is 0 Å². The highest BCUT2D eigenvalue weighted by Crippen LogP contribution is 2.40. The van der Waals surface area contributed by atoms with Crippen molar-refractivity contribution < 1.29 is 9.59 Å². The van der Waals surface area contributed by atoms with Gasteiger partial charge in [0.25, 0.3) is 0 Å². The lowest BCUT2D eigenvalue weighted by Gasteiger charge is -2.19. The van der Waals surface area contributed by atoms with Crippen LogP contribution >= 0.6 is 15.9 Å². The van der Waals surface area contributed by atoms with Gasteiger partial charge in [-0.1, -0.05) is 28.8 Å². The van der Waals surface area contributed by atoms with Crippen LogP contribution in [-0.2, 0) is 9.59 Å². The molecule has 0 radical (unpaired) electrons. The standard InChI is InChI=1S/C14H14BrNO2/c15-9-5-7-10(8-6-9)16-13(17)11-3-1-2-4-12(11)14(16)18/h5-8,11-12H,1-4H2/t11-,12+. The second kappa shape index (κ2) is 4.50. The molecule has 1 saturated carbocycles. The van der Waals surface area contributed by atoms with Crippen LogP contribution in [0.3, 0.4) is 0 Å². The molecule has 0 N–H and O–H groups in total. The van der Waals surface area contributed by atoms with Crippen LogP contribution in [0, 0.1) is 11.8 Å². The summed E-state index contributed by atoms with van der Waals surface area (Å²) in [6.45, 7) is 0. The van der Waals surface area contributed by atoms with E-state index in [-0.39, 0.29) is 23.7 Å². The SMILES string of the molecule is O=C1[C@H]2CCCC[C@H]2C(=O)N1c1ccc(Br)cc1. The van der Waals surface area contributed by atoms with Crippen molar-refractivity contribution in [1.82, 2.24) is 0 Å². The van der Waals surface area contributed by atoms with E-state index in [0.29, 0.717) is 5.69 Å². The monoisotopic (exact) mass is 307 g/mol. The third kappa shape index (κ3) is 1.79. The largest absolute Gasteiger partial charge is 0.274 e. The predicted molar refractivity (Wildman–Crippen MR) is 72.1 cm³/mol. The van der Waals surface area contributed by atoms with E-state index in [1.165, 1.54) is 4.90 Å². The van der Waals surface area contributed by atoms with Gasteiger partial charge in [0, 0.05) is 4.47 Å². The highest BCUT2D eigenvalue weighted by molar-refractivity contribution is 9.10. The molecule has 3 nitrogen and oxygen atoms in total. The Labute approximate surface area is 114 Å². The topological polar surface area (TPSA) is 37.4 Å². The van der Waals surface area contributed by atoms with Crippen molar-refractivity contribution in [3.05, 3.63) is 28.7 Å². The van der Waals surface area contributed by atoms with Crippen LogP contribution in [-0.4, -0.2) is 11.8 Å². The average molecular weight is 308 g/mol. The number of hydrogen-bond donors (Lipinski definition) is 0. The van der Waals surface area contributed by atoms with E-state index in [1.807, 2.05) is 24.3 Å². The maximum absolute atomic E-state index is 12.3. The predicted octanol–water partition coefficient (Wildman–Crippen LogP) is 3.13. The van der Waals surface area contributed by atoms with Crippen molar-refractivity contribution in [1.29, 1.82) is 0 Å². The molecule has 0 spiro atoms. The first-order chi connectivity index (χ1) is 8.68. The second-order valence-electron chi connectivity index (χ2n) is 4.99. The molecule has 0 unspecified atom stereocenters. The molecule has 3 rings (SSSR count). The summed E-state index contributed by atoms with van der Waals surface area (Å²) in [5, 5.41) is 0. The fraction of sp³-hybridized carbons (Fsp3) is 0.429. The van der Waals surface area contributed by atoms with E-state index in [2.05, 4.69) is 15.9 Å². The van der Waals surface area contributed by atoms with Gasteiger partial charge in [-0.15, -0.1) is 0 Å². The van der Waals surface area contributed by atoms with Crippen LogP contribution in [0.1, 0.15) is 25.7 Å². The third-order valence-corrected chi connectivity index (χ3v) is 4.45. The molecule has 4 heteroatoms. The van der Waals surface area contributed by atoms with Gasteiger partial charge in [-0.05, 0) is 37.1 Å². The molecular weight excluding hydrogens is 294 g/mol. The molecule has 1 aromatic rings. The Morgan fingerprint density at radius 2 is 1.44 bits per heavy atom. The lowest BCUT2D eigenvalue weighted by molar-refractivity contribution is -0.122. The van der Waals surface area contributed by atoms with E-state index in [9.17, 15) is 9.59 Å². The van der Waals surface area contributed by atoms with Crippen molar-refractivity contribution in [2.75, 3.05) is 4.90 Å². The first-order valence-electron chi connectivity index (χ1n) is 6.32. The number of carbonyl (C=O) groups is 2. The summed E-state index contributed by atoms with van der Waals surface area (Å²) in [4.78, 5) is 26.0. The average Bonchev–Trinajstić information content (AvgIpc) is 2.64. The van der Waals surface area contributed by atoms with Gasteiger partial charge in [0.1, 0.15) is 0 Å². The lowest BCUT2D eigenvalue weighted by atomic mass is 9.81. The molecule has 1 aliphatic carbocycles. The maximum atomic E-state index is 12.3. The van der Waals surface area contributed by atoms with Crippen LogP contribution in [0.15, 0.2) is 28.7 Å². The molecule has 1 aromatic carbocycles. The Bertz CT molecular complexity index is 473. The number of rotatable bonds is 1. The number of nitrogens with zero attached hydrogens (tertiary/aromatic N) is 1. The first kappa shape index (κ1) is 11.9. The third-order valence-electron chi connectivity index (χ3n) is 3.93. The highest BCUT2D eigenvalue weighted by Gasteiger charge is 2.48. The van der Waals surface area contributed by atoms with Crippen molar-refractivity contribution in [3.63, 3.8) is 0 Å². The Balaban J connectivity index is 1.95. The zero-order chi connectivity index (χ0) is 12.7. The minimum Gasteiger partial charge on any atom is -0.274 e. The number of carbonyl (C=O) groups excluding carboxylic acids is 2. The molecule has 0 aromatic heterocycles. The molecule has 2 amide bonds. The molecule has 2 atom stereocenters. The van der Waals surface area contributed by atoms with Gasteiger partial charge in [0.2, 0.25) is 11.8 Å². The molecule has 1 heterocycles. The fourth-order valence-corrected chi connectivity index (χ4v) is 3.27. The van der Waals surface area contributed by atoms with Crippen molar-refractivity contribution in [2.45, 2.75) is 25.7 Å². The number of amides is 2. The minimum absolute atomic E-state index is 0.00739. The fourth-order valence-electron chi connectivity index (χ4n) is 3.01. The van der Waals surface area contributed by atoms with Crippen LogP contribution in [0.5, 0.6) is 0 Å². The molecule has 1 aliphatic heterocycles. The number of benzene rings is 1. The van der Waals surface area contributed by atoms with Crippen LogP contribution in [0.4, 0.5) is 5.69 Å². The summed E-state index contributed by atoms with van der Waals surface area (Å²) in [7, 11) is 0. The summed E-state index contributed by atoms with van der Waals surface area (Å²) < 4.78 is 0.947. The summed E-state index contributed by atoms with van der Waals surface area (Å²) in [6.07, 6.45) is 3.85. The maximum Gasteiger partial charge on any atom is 0.237 e. The van der Waals surface area contributed by atoms with Gasteiger partial charge < -0.3 is 0 Å². The number of halogens is 1. The molecule has 18 heavy (non-hydrogen) atoms. The Kier molecular flexibility index (Phi) is 2.98. The Morgan fingerprint density at radius 3 is 1.94 bits per heavy atom. The molecule has 94 valence electrons. The number of imide groups is 1. The molecule has 2 fully saturated rings. The van der Waals surface area contributed by atoms with Crippen LogP contribution in [0.2, 0.25) is 0 Å². The van der Waals surface area contributed by atoms with Gasteiger partial charge >= 0.3 is 0 Å². The Morgan fingerprint density at radius 1 is 0.944 bits per heavy atom. The van der Waals surface area contributed by atoms with Gasteiger partial charge in [-0.3, -0.25) is 14.5 Å². The number of hydrogen-bond acceptors (Lipinski definition) is 2. The van der Waals surface area contributed by atoms with E-state index in [0.717, 1.165) is 30.2 Å². The van der Waals surface area contributed by atoms with Gasteiger partial charge in [0.15, 0.2) is 0 Å².